The van der Waals surface area contributed by atoms with E-state index < -0.39 is 16.7 Å². The number of hydrogen-bond donors (Lipinski definition) is 2. The minimum atomic E-state index is -3.49. The summed E-state index contributed by atoms with van der Waals surface area (Å²) < 4.78 is 40.3. The molecular weight excluding hydrogens is 573 g/mol. The van der Waals surface area contributed by atoms with Crippen molar-refractivity contribution in [2.45, 2.75) is 43.9 Å². The molecule has 224 valence electrons. The fraction of sp³-hybridized carbons (Fsp3) is 0.414. The number of aryl methyl sites for hydroxylation is 1. The van der Waals surface area contributed by atoms with Crippen molar-refractivity contribution in [2.24, 2.45) is 5.92 Å². The summed E-state index contributed by atoms with van der Waals surface area (Å²) in [5, 5.41) is 20.4. The van der Waals surface area contributed by atoms with Gasteiger partial charge in [0.25, 0.3) is 10.0 Å². The smallest absolute Gasteiger partial charge is 0.256 e. The molecule has 0 amide bonds. The van der Waals surface area contributed by atoms with Gasteiger partial charge in [0.15, 0.2) is 5.82 Å². The normalized spacial score (nSPS) is 15.7. The molecule has 43 heavy (non-hydrogen) atoms. The second kappa shape index (κ2) is 12.5. The lowest BCUT2D eigenvalue weighted by molar-refractivity contribution is 0.240. The van der Waals surface area contributed by atoms with Crippen LogP contribution in [0.15, 0.2) is 49.3 Å². The van der Waals surface area contributed by atoms with Gasteiger partial charge in [-0.25, -0.2) is 27.8 Å². The predicted octanol–water partition coefficient (Wildman–Crippen LogP) is 2.98. The Morgan fingerprint density at radius 2 is 1.86 bits per heavy atom. The summed E-state index contributed by atoms with van der Waals surface area (Å²) in [5.41, 5.74) is 2.85. The van der Waals surface area contributed by atoms with Crippen LogP contribution in [-0.2, 0) is 16.6 Å². The number of rotatable bonds is 10. The van der Waals surface area contributed by atoms with Crippen LogP contribution in [0.4, 0.5) is 21.7 Å². The summed E-state index contributed by atoms with van der Waals surface area (Å²) in [4.78, 5) is 15.7. The third kappa shape index (κ3) is 6.68. The standard InChI is InChI=1S/C29H32FN9O3S/c30-9-13-38-19-22(16-33-38)1-2-23-17-32-28(15-26(23)37-11-6-21(7-12-37)8-14-40)35-27-5-10-31-29(36-27)24-18-34-39(20-24)43(41,42)25-3-4-25/h5,10,15-21,25,40H,3-4,6-9,11-14H2,(H,31,32,35,36). The van der Waals surface area contributed by atoms with Crippen LogP contribution in [-0.4, -0.2) is 79.1 Å². The average molecular weight is 606 g/mol. The number of aliphatic hydroxyl groups is 1. The highest BCUT2D eigenvalue weighted by Crippen LogP contribution is 2.31. The fourth-order valence-electron chi connectivity index (χ4n) is 5.07. The molecule has 1 saturated heterocycles. The van der Waals surface area contributed by atoms with Gasteiger partial charge in [0.1, 0.15) is 18.3 Å². The Morgan fingerprint density at radius 1 is 1.02 bits per heavy atom. The van der Waals surface area contributed by atoms with Crippen LogP contribution in [0.1, 0.15) is 43.2 Å². The molecular formula is C29H32FN9O3S. The Kier molecular flexibility index (Phi) is 8.35. The van der Waals surface area contributed by atoms with E-state index in [4.69, 9.17) is 0 Å². The van der Waals surface area contributed by atoms with Crippen molar-refractivity contribution in [2.75, 3.05) is 36.6 Å². The molecule has 12 nitrogen and oxygen atoms in total. The maximum Gasteiger partial charge on any atom is 0.256 e. The average Bonchev–Trinajstić information content (AvgIpc) is 3.59. The molecule has 1 saturated carbocycles. The molecule has 14 heteroatoms. The number of piperidine rings is 1. The first-order valence-electron chi connectivity index (χ1n) is 14.3. The van der Waals surface area contributed by atoms with Crippen LogP contribution in [0.3, 0.4) is 0 Å². The highest BCUT2D eigenvalue weighted by Gasteiger charge is 2.37. The number of nitrogens with zero attached hydrogens (tertiary/aromatic N) is 8. The number of hydrogen-bond acceptors (Lipinski definition) is 10. The molecule has 0 bridgehead atoms. The Morgan fingerprint density at radius 3 is 2.63 bits per heavy atom. The van der Waals surface area contributed by atoms with E-state index in [1.165, 1.54) is 17.1 Å². The second-order valence-corrected chi connectivity index (χ2v) is 12.8. The Balaban J connectivity index is 1.25. The van der Waals surface area contributed by atoms with Crippen LogP contribution in [0, 0.1) is 17.8 Å². The lowest BCUT2D eigenvalue weighted by Crippen LogP contribution is -2.34. The van der Waals surface area contributed by atoms with Gasteiger partial charge < -0.3 is 15.3 Å². The Hall–Kier alpha value is -4.35. The molecule has 0 spiro atoms. The zero-order valence-electron chi connectivity index (χ0n) is 23.5. The van der Waals surface area contributed by atoms with Crippen LogP contribution in [0.25, 0.3) is 11.4 Å². The van der Waals surface area contributed by atoms with Gasteiger partial charge in [-0.1, -0.05) is 11.8 Å². The molecule has 0 aromatic carbocycles. The number of pyridine rings is 1. The Bertz CT molecular complexity index is 1750. The maximum atomic E-state index is 12.7. The van der Waals surface area contributed by atoms with Gasteiger partial charge in [0.2, 0.25) is 0 Å². The van der Waals surface area contributed by atoms with Crippen LogP contribution < -0.4 is 10.2 Å². The first kappa shape index (κ1) is 28.8. The molecule has 0 atom stereocenters. The molecule has 5 heterocycles. The highest BCUT2D eigenvalue weighted by molar-refractivity contribution is 7.90. The number of alkyl halides is 1. The summed E-state index contributed by atoms with van der Waals surface area (Å²) in [6, 6.07) is 3.64. The lowest BCUT2D eigenvalue weighted by Gasteiger charge is -2.34. The van der Waals surface area contributed by atoms with E-state index in [9.17, 15) is 17.9 Å². The van der Waals surface area contributed by atoms with Gasteiger partial charge in [-0.15, -0.1) is 0 Å². The van der Waals surface area contributed by atoms with E-state index in [1.54, 1.807) is 30.9 Å². The van der Waals surface area contributed by atoms with Crippen molar-refractivity contribution in [3.05, 3.63) is 60.4 Å². The van der Waals surface area contributed by atoms with Crippen molar-refractivity contribution in [3.8, 4) is 23.2 Å². The van der Waals surface area contributed by atoms with E-state index >= 15 is 0 Å². The summed E-state index contributed by atoms with van der Waals surface area (Å²) >= 11 is 0. The maximum absolute atomic E-state index is 12.7. The van der Waals surface area contributed by atoms with Gasteiger partial charge in [0, 0.05) is 44.4 Å². The molecule has 6 rings (SSSR count). The Labute approximate surface area is 249 Å². The van der Waals surface area contributed by atoms with Crippen LogP contribution in [0.5, 0.6) is 0 Å². The van der Waals surface area contributed by atoms with Crippen molar-refractivity contribution >= 4 is 27.3 Å². The second-order valence-electron chi connectivity index (χ2n) is 10.7. The van der Waals surface area contributed by atoms with Crippen molar-refractivity contribution < 1.29 is 17.9 Å². The third-order valence-electron chi connectivity index (χ3n) is 7.60. The minimum Gasteiger partial charge on any atom is -0.396 e. The number of nitrogens with one attached hydrogen (secondary N) is 1. The number of halogens is 1. The monoisotopic (exact) mass is 605 g/mol. The molecule has 0 radical (unpaired) electrons. The zero-order chi connectivity index (χ0) is 29.8. The molecule has 2 N–H and O–H groups in total. The van der Waals surface area contributed by atoms with Gasteiger partial charge >= 0.3 is 0 Å². The van der Waals surface area contributed by atoms with Gasteiger partial charge in [0.05, 0.1) is 52.8 Å². The number of anilines is 3. The van der Waals surface area contributed by atoms with E-state index in [0.29, 0.717) is 47.3 Å². The van der Waals surface area contributed by atoms with Crippen LogP contribution >= 0.6 is 0 Å². The van der Waals surface area contributed by atoms with Gasteiger partial charge in [-0.05, 0) is 44.1 Å². The molecule has 4 aromatic rings. The topological polar surface area (TPSA) is 144 Å². The van der Waals surface area contributed by atoms with Gasteiger partial charge in [-0.2, -0.15) is 14.3 Å². The van der Waals surface area contributed by atoms with E-state index in [-0.39, 0.29) is 18.4 Å². The largest absolute Gasteiger partial charge is 0.396 e. The minimum absolute atomic E-state index is 0.185. The van der Waals surface area contributed by atoms with E-state index in [0.717, 1.165) is 47.7 Å². The zero-order valence-corrected chi connectivity index (χ0v) is 24.3. The van der Waals surface area contributed by atoms with Crippen LogP contribution in [0.2, 0.25) is 0 Å². The summed E-state index contributed by atoms with van der Waals surface area (Å²) in [7, 11) is -3.49. The van der Waals surface area contributed by atoms with Crippen molar-refractivity contribution in [1.29, 1.82) is 0 Å². The molecule has 1 aliphatic heterocycles. The molecule has 4 aromatic heterocycles. The first-order chi connectivity index (χ1) is 20.9. The van der Waals surface area contributed by atoms with E-state index in [2.05, 4.69) is 47.2 Å². The molecule has 2 aliphatic rings. The SMILES string of the molecule is O=S(=O)(C1CC1)n1cc(-c2nccc(Nc3cc(N4CCC(CCO)CC4)c(C#Cc4cnn(CCF)c4)cn3)n2)cn1. The summed E-state index contributed by atoms with van der Waals surface area (Å²) in [6.45, 7) is 1.53. The molecule has 2 fully saturated rings. The number of aliphatic hydroxyl groups excluding tert-OH is 1. The number of aromatic nitrogens is 7. The lowest BCUT2D eigenvalue weighted by atomic mass is 9.93. The molecule has 1 aliphatic carbocycles. The first-order valence-corrected chi connectivity index (χ1v) is 15.8. The highest BCUT2D eigenvalue weighted by atomic mass is 32.2. The predicted molar refractivity (Wildman–Crippen MR) is 159 cm³/mol. The summed E-state index contributed by atoms with van der Waals surface area (Å²) in [5.74, 6) is 8.20. The van der Waals surface area contributed by atoms with Crippen molar-refractivity contribution in [1.82, 2.24) is 33.9 Å². The van der Waals surface area contributed by atoms with Crippen molar-refractivity contribution in [3.63, 3.8) is 0 Å². The summed E-state index contributed by atoms with van der Waals surface area (Å²) in [6.07, 6.45) is 13.6. The third-order valence-corrected chi connectivity index (χ3v) is 9.63. The fourth-order valence-corrected chi connectivity index (χ4v) is 6.55. The van der Waals surface area contributed by atoms with Gasteiger partial charge in [-0.3, -0.25) is 4.68 Å². The quantitative estimate of drug-likeness (QED) is 0.259. The molecule has 0 unspecified atom stereocenters. The van der Waals surface area contributed by atoms with E-state index in [1.807, 2.05) is 6.07 Å².